The van der Waals surface area contributed by atoms with Crippen molar-refractivity contribution in [3.05, 3.63) is 35.9 Å². The van der Waals surface area contributed by atoms with Gasteiger partial charge in [0.25, 0.3) is 5.91 Å². The summed E-state index contributed by atoms with van der Waals surface area (Å²) in [6, 6.07) is 9.51. The molecular formula is C9H12N2O2. The highest BCUT2D eigenvalue weighted by atomic mass is 16.6. The van der Waals surface area contributed by atoms with Crippen LogP contribution in [-0.2, 0) is 11.3 Å². The zero-order chi connectivity index (χ0) is 9.68. The Morgan fingerprint density at radius 1 is 1.46 bits per heavy atom. The van der Waals surface area contributed by atoms with Crippen molar-refractivity contribution in [3.8, 4) is 0 Å². The average Bonchev–Trinajstić information content (AvgIpc) is 2.15. The number of hydrazine groups is 1. The van der Waals surface area contributed by atoms with Gasteiger partial charge in [0.05, 0.1) is 0 Å². The molecule has 0 unspecified atom stereocenters. The van der Waals surface area contributed by atoms with Crippen LogP contribution in [0.3, 0.4) is 0 Å². The zero-order valence-electron chi connectivity index (χ0n) is 7.40. The Kier molecular flexibility index (Phi) is 3.42. The summed E-state index contributed by atoms with van der Waals surface area (Å²) in [4.78, 5) is 10.6. The molecule has 70 valence electrons. The van der Waals surface area contributed by atoms with Crippen molar-refractivity contribution in [1.82, 2.24) is 10.6 Å². The highest BCUT2D eigenvalue weighted by Crippen LogP contribution is 1.97. The van der Waals surface area contributed by atoms with Crippen LogP contribution in [0.15, 0.2) is 30.3 Å². The second kappa shape index (κ2) is 4.59. The molecule has 1 amide bonds. The van der Waals surface area contributed by atoms with Gasteiger partial charge in [0.2, 0.25) is 0 Å². The molecule has 0 heterocycles. The van der Waals surface area contributed by atoms with Crippen molar-refractivity contribution < 1.29 is 10.0 Å². The molecule has 4 nitrogen and oxygen atoms in total. The van der Waals surface area contributed by atoms with Crippen molar-refractivity contribution in [2.24, 2.45) is 0 Å². The Hall–Kier alpha value is -1.39. The molecule has 0 fully saturated rings. The first kappa shape index (κ1) is 9.70. The average molecular weight is 180 g/mol. The van der Waals surface area contributed by atoms with E-state index < -0.39 is 5.91 Å². The molecule has 0 radical (unpaired) electrons. The Morgan fingerprint density at radius 3 is 2.62 bits per heavy atom. The second-order valence-electron chi connectivity index (χ2n) is 2.65. The van der Waals surface area contributed by atoms with Crippen LogP contribution in [0.4, 0.5) is 0 Å². The lowest BCUT2D eigenvalue weighted by atomic mass is 10.2. The number of nitrogens with one attached hydrogen (secondary N) is 1. The minimum Gasteiger partial charge on any atom is -0.271 e. The molecule has 0 saturated heterocycles. The van der Waals surface area contributed by atoms with Crippen LogP contribution in [0, 0.1) is 0 Å². The first-order valence-electron chi connectivity index (χ1n) is 3.97. The Labute approximate surface area is 76.7 Å². The standard InChI is InChI=1S/C9H12N2O2/c1-8(12)11(13)10-7-9-5-3-2-4-6-9/h2-6,10,13H,7H2,1H3. The van der Waals surface area contributed by atoms with Crippen LogP contribution in [0.5, 0.6) is 0 Å². The minimum atomic E-state index is -0.434. The van der Waals surface area contributed by atoms with E-state index in [0.29, 0.717) is 11.7 Å². The summed E-state index contributed by atoms with van der Waals surface area (Å²) in [6.45, 7) is 1.70. The summed E-state index contributed by atoms with van der Waals surface area (Å²) in [6.07, 6.45) is 0. The van der Waals surface area contributed by atoms with Crippen molar-refractivity contribution >= 4 is 5.91 Å². The third kappa shape index (κ3) is 3.23. The topological polar surface area (TPSA) is 52.6 Å². The Morgan fingerprint density at radius 2 is 2.08 bits per heavy atom. The summed E-state index contributed by atoms with van der Waals surface area (Å²) < 4.78 is 0. The van der Waals surface area contributed by atoms with Gasteiger partial charge < -0.3 is 0 Å². The molecule has 4 heteroatoms. The fraction of sp³-hybridized carbons (Fsp3) is 0.222. The van der Waals surface area contributed by atoms with Crippen LogP contribution >= 0.6 is 0 Å². The number of rotatable bonds is 3. The lowest BCUT2D eigenvalue weighted by Crippen LogP contribution is -2.37. The molecular weight excluding hydrogens is 168 g/mol. The lowest BCUT2D eigenvalue weighted by Gasteiger charge is -2.13. The maximum atomic E-state index is 10.6. The number of carbonyl (C=O) groups is 1. The fourth-order valence-corrected chi connectivity index (χ4v) is 0.873. The van der Waals surface area contributed by atoms with Crippen molar-refractivity contribution in [3.63, 3.8) is 0 Å². The van der Waals surface area contributed by atoms with Crippen LogP contribution < -0.4 is 5.43 Å². The summed E-state index contributed by atoms with van der Waals surface area (Å²) in [7, 11) is 0. The van der Waals surface area contributed by atoms with E-state index in [1.807, 2.05) is 30.3 Å². The van der Waals surface area contributed by atoms with Crippen molar-refractivity contribution in [2.45, 2.75) is 13.5 Å². The normalized spacial score (nSPS) is 9.69. The quantitative estimate of drug-likeness (QED) is 0.537. The molecule has 1 aromatic carbocycles. The van der Waals surface area contributed by atoms with Gasteiger partial charge in [-0.15, -0.1) is 0 Å². The fourth-order valence-electron chi connectivity index (χ4n) is 0.873. The molecule has 0 aliphatic carbocycles. The predicted octanol–water partition coefficient (Wildman–Crippen LogP) is 0.929. The summed E-state index contributed by atoms with van der Waals surface area (Å²) >= 11 is 0. The van der Waals surface area contributed by atoms with Crippen LogP contribution in [0.25, 0.3) is 0 Å². The molecule has 0 saturated carbocycles. The smallest absolute Gasteiger partial charge is 0.258 e. The molecule has 1 aromatic rings. The first-order chi connectivity index (χ1) is 6.20. The third-order valence-electron chi connectivity index (χ3n) is 1.57. The van der Waals surface area contributed by atoms with E-state index in [1.54, 1.807) is 0 Å². The van der Waals surface area contributed by atoms with E-state index in [0.717, 1.165) is 5.56 Å². The minimum absolute atomic E-state index is 0.428. The Bertz CT molecular complexity index is 274. The second-order valence-corrected chi connectivity index (χ2v) is 2.65. The van der Waals surface area contributed by atoms with Crippen LogP contribution in [0.1, 0.15) is 12.5 Å². The number of hydrogen-bond donors (Lipinski definition) is 2. The number of amides is 1. The monoisotopic (exact) mass is 180 g/mol. The highest BCUT2D eigenvalue weighted by Gasteiger charge is 2.02. The van der Waals surface area contributed by atoms with E-state index in [-0.39, 0.29) is 0 Å². The third-order valence-corrected chi connectivity index (χ3v) is 1.57. The highest BCUT2D eigenvalue weighted by molar-refractivity contribution is 5.71. The molecule has 0 aliphatic rings. The number of benzene rings is 1. The number of nitrogens with zero attached hydrogens (tertiary/aromatic N) is 1. The zero-order valence-corrected chi connectivity index (χ0v) is 7.40. The molecule has 0 bridgehead atoms. The maximum Gasteiger partial charge on any atom is 0.258 e. The van der Waals surface area contributed by atoms with E-state index in [1.165, 1.54) is 6.92 Å². The Balaban J connectivity index is 2.39. The molecule has 0 spiro atoms. The number of carbonyl (C=O) groups excluding carboxylic acids is 1. The van der Waals surface area contributed by atoms with E-state index in [4.69, 9.17) is 5.21 Å². The molecule has 2 N–H and O–H groups in total. The summed E-state index contributed by atoms with van der Waals surface area (Å²) in [5.41, 5.74) is 3.54. The van der Waals surface area contributed by atoms with Crippen molar-refractivity contribution in [1.29, 1.82) is 0 Å². The molecule has 0 aliphatic heterocycles. The number of hydrogen-bond acceptors (Lipinski definition) is 3. The van der Waals surface area contributed by atoms with Gasteiger partial charge in [-0.05, 0) is 5.56 Å². The largest absolute Gasteiger partial charge is 0.271 e. The van der Waals surface area contributed by atoms with Gasteiger partial charge in [-0.2, -0.15) is 5.17 Å². The molecule has 0 atom stereocenters. The van der Waals surface area contributed by atoms with Gasteiger partial charge in [-0.1, -0.05) is 30.3 Å². The SMILES string of the molecule is CC(=O)N(O)NCc1ccccc1. The summed E-state index contributed by atoms with van der Waals surface area (Å²) in [5, 5.41) is 9.44. The van der Waals surface area contributed by atoms with Gasteiger partial charge in [0.1, 0.15) is 0 Å². The van der Waals surface area contributed by atoms with Crippen LogP contribution in [-0.4, -0.2) is 16.3 Å². The van der Waals surface area contributed by atoms with Gasteiger partial charge in [-0.3, -0.25) is 10.0 Å². The predicted molar refractivity (Wildman–Crippen MR) is 47.6 cm³/mol. The summed E-state index contributed by atoms with van der Waals surface area (Å²) in [5.74, 6) is -0.434. The van der Waals surface area contributed by atoms with Crippen LogP contribution in [0.2, 0.25) is 0 Å². The molecule has 13 heavy (non-hydrogen) atoms. The number of hydroxylamine groups is 1. The lowest BCUT2D eigenvalue weighted by molar-refractivity contribution is -0.178. The van der Waals surface area contributed by atoms with Crippen molar-refractivity contribution in [2.75, 3.05) is 0 Å². The van der Waals surface area contributed by atoms with E-state index in [9.17, 15) is 4.79 Å². The van der Waals surface area contributed by atoms with Gasteiger partial charge >= 0.3 is 0 Å². The van der Waals surface area contributed by atoms with E-state index >= 15 is 0 Å². The first-order valence-corrected chi connectivity index (χ1v) is 3.97. The van der Waals surface area contributed by atoms with Gasteiger partial charge in [0.15, 0.2) is 0 Å². The van der Waals surface area contributed by atoms with Gasteiger partial charge in [0, 0.05) is 13.5 Å². The maximum absolute atomic E-state index is 10.6. The van der Waals surface area contributed by atoms with E-state index in [2.05, 4.69) is 5.43 Å². The van der Waals surface area contributed by atoms with Gasteiger partial charge in [-0.25, -0.2) is 5.43 Å². The molecule has 1 rings (SSSR count). The molecule has 0 aromatic heterocycles.